The molecule has 3 aromatic rings. The van der Waals surface area contributed by atoms with Crippen molar-refractivity contribution < 1.29 is 9.18 Å². The topological polar surface area (TPSA) is 77.6 Å². The highest BCUT2D eigenvalue weighted by atomic mass is 79.9. The summed E-state index contributed by atoms with van der Waals surface area (Å²) in [6.07, 6.45) is 3.15. The van der Waals surface area contributed by atoms with Crippen LogP contribution in [0, 0.1) is 5.82 Å². The van der Waals surface area contributed by atoms with Gasteiger partial charge in [0.2, 0.25) is 5.95 Å². The zero-order valence-corrected chi connectivity index (χ0v) is 14.4. The van der Waals surface area contributed by atoms with Crippen molar-refractivity contribution in [1.82, 2.24) is 24.5 Å². The van der Waals surface area contributed by atoms with E-state index in [-0.39, 0.29) is 24.0 Å². The average molecular weight is 393 g/mol. The van der Waals surface area contributed by atoms with Gasteiger partial charge in [0.1, 0.15) is 12.1 Å². The molecule has 0 aliphatic carbocycles. The number of nitrogens with zero attached hydrogens (tertiary/aromatic N) is 5. The van der Waals surface area contributed by atoms with Gasteiger partial charge in [-0.05, 0) is 28.9 Å². The smallest absolute Gasteiger partial charge is 0.279 e. The van der Waals surface area contributed by atoms with Crippen molar-refractivity contribution in [2.24, 2.45) is 0 Å². The van der Waals surface area contributed by atoms with Crippen molar-refractivity contribution in [3.63, 3.8) is 0 Å². The third-order valence-electron chi connectivity index (χ3n) is 3.31. The maximum atomic E-state index is 13.6. The lowest BCUT2D eigenvalue weighted by molar-refractivity contribution is 0.102. The number of aromatic nitrogens is 5. The molecule has 1 aromatic carbocycles. The number of anilines is 1. The fourth-order valence-corrected chi connectivity index (χ4v) is 2.60. The Morgan fingerprint density at radius 1 is 1.29 bits per heavy atom. The van der Waals surface area contributed by atoms with E-state index in [1.54, 1.807) is 29.1 Å². The lowest BCUT2D eigenvalue weighted by Gasteiger charge is -2.02. The Morgan fingerprint density at radius 3 is 2.79 bits per heavy atom. The van der Waals surface area contributed by atoms with Gasteiger partial charge in [-0.1, -0.05) is 18.2 Å². The van der Waals surface area contributed by atoms with Gasteiger partial charge in [0.15, 0.2) is 5.69 Å². The Labute approximate surface area is 145 Å². The molecule has 0 aliphatic rings. The van der Waals surface area contributed by atoms with Crippen LogP contribution in [-0.2, 0) is 13.1 Å². The van der Waals surface area contributed by atoms with Crippen LogP contribution in [0.2, 0.25) is 0 Å². The molecule has 0 saturated carbocycles. The number of hydrogen-bond acceptors (Lipinski definition) is 4. The van der Waals surface area contributed by atoms with Crippen molar-refractivity contribution in [3.05, 3.63) is 58.3 Å². The first kappa shape index (κ1) is 16.3. The van der Waals surface area contributed by atoms with Gasteiger partial charge in [0.05, 0.1) is 11.0 Å². The maximum absolute atomic E-state index is 13.6. The molecule has 2 aromatic heterocycles. The number of benzene rings is 1. The molecule has 0 atom stereocenters. The molecular formula is C15H14BrFN6O. The van der Waals surface area contributed by atoms with E-state index in [1.165, 1.54) is 17.1 Å². The van der Waals surface area contributed by atoms with Gasteiger partial charge in [-0.25, -0.2) is 14.1 Å². The van der Waals surface area contributed by atoms with Gasteiger partial charge >= 0.3 is 0 Å². The van der Waals surface area contributed by atoms with Gasteiger partial charge in [-0.3, -0.25) is 14.8 Å². The number of rotatable bonds is 5. The summed E-state index contributed by atoms with van der Waals surface area (Å²) in [5.74, 6) is -0.598. The van der Waals surface area contributed by atoms with E-state index in [0.29, 0.717) is 16.6 Å². The van der Waals surface area contributed by atoms with Crippen molar-refractivity contribution >= 4 is 27.8 Å². The fraction of sp³-hybridized carbons (Fsp3) is 0.200. The Bertz CT molecular complexity index is 874. The van der Waals surface area contributed by atoms with E-state index in [2.05, 4.69) is 36.4 Å². The highest BCUT2D eigenvalue weighted by Crippen LogP contribution is 2.16. The standard InChI is InChI=1S/C15H14BrFN6O/c1-2-22-8-11(16)13(20-22)14(24)19-15-18-9-23(21-15)7-10-5-3-4-6-12(10)17/h3-6,8-9H,2,7H2,1H3,(H,19,21,24). The zero-order valence-electron chi connectivity index (χ0n) is 12.8. The number of aryl methyl sites for hydroxylation is 1. The molecule has 9 heteroatoms. The van der Waals surface area contributed by atoms with Crippen molar-refractivity contribution in [1.29, 1.82) is 0 Å². The third kappa shape index (κ3) is 3.51. The van der Waals surface area contributed by atoms with Gasteiger partial charge in [0.25, 0.3) is 5.91 Å². The molecule has 0 bridgehead atoms. The molecule has 0 unspecified atom stereocenters. The molecule has 1 amide bonds. The fourth-order valence-electron chi connectivity index (χ4n) is 2.10. The second-order valence-electron chi connectivity index (χ2n) is 4.99. The first-order valence-electron chi connectivity index (χ1n) is 7.24. The third-order valence-corrected chi connectivity index (χ3v) is 3.89. The van der Waals surface area contributed by atoms with Crippen LogP contribution >= 0.6 is 15.9 Å². The van der Waals surface area contributed by atoms with Crippen LogP contribution < -0.4 is 5.32 Å². The number of halogens is 2. The predicted octanol–water partition coefficient (Wildman–Crippen LogP) is 2.70. The number of carbonyl (C=O) groups excluding carboxylic acids is 1. The van der Waals surface area contributed by atoms with E-state index in [4.69, 9.17) is 0 Å². The molecule has 1 N–H and O–H groups in total. The summed E-state index contributed by atoms with van der Waals surface area (Å²) in [5, 5.41) is 10.9. The van der Waals surface area contributed by atoms with Crippen LogP contribution in [-0.4, -0.2) is 30.5 Å². The highest BCUT2D eigenvalue weighted by Gasteiger charge is 2.16. The van der Waals surface area contributed by atoms with E-state index in [0.717, 1.165) is 0 Å². The largest absolute Gasteiger partial charge is 0.288 e. The zero-order chi connectivity index (χ0) is 17.1. The molecule has 0 aliphatic heterocycles. The van der Waals surface area contributed by atoms with Crippen LogP contribution in [0.15, 0.2) is 41.3 Å². The minimum absolute atomic E-state index is 0.134. The molecule has 0 radical (unpaired) electrons. The van der Waals surface area contributed by atoms with Crippen LogP contribution in [0.4, 0.5) is 10.3 Å². The molecule has 7 nitrogen and oxygen atoms in total. The molecule has 124 valence electrons. The van der Waals surface area contributed by atoms with Crippen molar-refractivity contribution in [2.75, 3.05) is 5.32 Å². The number of hydrogen-bond donors (Lipinski definition) is 1. The van der Waals surface area contributed by atoms with Crippen molar-refractivity contribution in [3.8, 4) is 0 Å². The first-order valence-corrected chi connectivity index (χ1v) is 8.03. The number of nitrogens with one attached hydrogen (secondary N) is 1. The predicted molar refractivity (Wildman–Crippen MR) is 89.1 cm³/mol. The lowest BCUT2D eigenvalue weighted by atomic mass is 10.2. The van der Waals surface area contributed by atoms with Gasteiger partial charge < -0.3 is 0 Å². The van der Waals surface area contributed by atoms with E-state index in [9.17, 15) is 9.18 Å². The SMILES string of the molecule is CCn1cc(Br)c(C(=O)Nc2ncn(Cc3ccccc3F)n2)n1. The first-order chi connectivity index (χ1) is 11.6. The molecule has 2 heterocycles. The Balaban J connectivity index is 1.70. The second kappa shape index (κ2) is 6.91. The molecule has 0 spiro atoms. The maximum Gasteiger partial charge on any atom is 0.279 e. The number of amides is 1. The average Bonchev–Trinajstić information content (AvgIpc) is 3.16. The normalized spacial score (nSPS) is 10.8. The summed E-state index contributed by atoms with van der Waals surface area (Å²) in [6.45, 7) is 2.80. The monoisotopic (exact) mass is 392 g/mol. The van der Waals surface area contributed by atoms with Crippen LogP contribution in [0.1, 0.15) is 23.0 Å². The summed E-state index contributed by atoms with van der Waals surface area (Å²) in [6, 6.07) is 6.43. The molecule has 24 heavy (non-hydrogen) atoms. The second-order valence-corrected chi connectivity index (χ2v) is 5.85. The van der Waals surface area contributed by atoms with Gasteiger partial charge in [0, 0.05) is 18.3 Å². The Morgan fingerprint density at radius 2 is 2.08 bits per heavy atom. The molecular weight excluding hydrogens is 379 g/mol. The quantitative estimate of drug-likeness (QED) is 0.723. The summed E-state index contributed by atoms with van der Waals surface area (Å²) in [5.41, 5.74) is 0.743. The summed E-state index contributed by atoms with van der Waals surface area (Å²) in [4.78, 5) is 16.2. The summed E-state index contributed by atoms with van der Waals surface area (Å²) >= 11 is 3.30. The van der Waals surface area contributed by atoms with E-state index < -0.39 is 5.91 Å². The summed E-state index contributed by atoms with van der Waals surface area (Å²) < 4.78 is 17.3. The minimum atomic E-state index is -0.419. The molecule has 3 rings (SSSR count). The Hall–Kier alpha value is -2.55. The lowest BCUT2D eigenvalue weighted by Crippen LogP contribution is -2.15. The summed E-state index contributed by atoms with van der Waals surface area (Å²) in [7, 11) is 0. The van der Waals surface area contributed by atoms with E-state index >= 15 is 0 Å². The van der Waals surface area contributed by atoms with E-state index in [1.807, 2.05) is 6.92 Å². The van der Waals surface area contributed by atoms with Gasteiger partial charge in [-0.2, -0.15) is 5.10 Å². The Kier molecular flexibility index (Phi) is 4.70. The highest BCUT2D eigenvalue weighted by molar-refractivity contribution is 9.10. The van der Waals surface area contributed by atoms with Crippen molar-refractivity contribution in [2.45, 2.75) is 20.0 Å². The van der Waals surface area contributed by atoms with Crippen LogP contribution in [0.25, 0.3) is 0 Å². The molecule has 0 fully saturated rings. The molecule has 0 saturated heterocycles. The number of carbonyl (C=O) groups is 1. The van der Waals surface area contributed by atoms with Crippen LogP contribution in [0.3, 0.4) is 0 Å². The van der Waals surface area contributed by atoms with Crippen LogP contribution in [0.5, 0.6) is 0 Å². The minimum Gasteiger partial charge on any atom is -0.288 e. The van der Waals surface area contributed by atoms with Gasteiger partial charge in [-0.15, -0.1) is 5.10 Å².